The second-order valence-corrected chi connectivity index (χ2v) is 35.4. The van der Waals surface area contributed by atoms with Crippen LogP contribution in [-0.2, 0) is 50.6 Å². The Balaban J connectivity index is 0.000000639. The Morgan fingerprint density at radius 1 is 0.466 bits per heavy atom. The van der Waals surface area contributed by atoms with Crippen molar-refractivity contribution < 1.29 is 84.4 Å². The Labute approximate surface area is 729 Å². The highest BCUT2D eigenvalue weighted by atomic mass is 79.9. The molecule has 11 aliphatic rings. The Bertz CT molecular complexity index is 2900. The first-order valence-corrected chi connectivity index (χ1v) is 46.2. The van der Waals surface area contributed by atoms with Crippen molar-refractivity contribution >= 4 is 49.2 Å². The highest BCUT2D eigenvalue weighted by Crippen LogP contribution is 2.32. The van der Waals surface area contributed by atoms with Gasteiger partial charge in [-0.15, -0.1) is 13.2 Å². The molecule has 118 heavy (non-hydrogen) atoms. The van der Waals surface area contributed by atoms with E-state index in [9.17, 15) is 19.5 Å². The van der Waals surface area contributed by atoms with Crippen LogP contribution >= 0.6 is 31.9 Å². The fourth-order valence-corrected chi connectivity index (χ4v) is 14.4. The average molecular weight is 1780 g/mol. The highest BCUT2D eigenvalue weighted by Gasteiger charge is 2.31. The number of hydrogen-bond donors (Lipinski definition) is 10. The van der Waals surface area contributed by atoms with Crippen molar-refractivity contribution in [2.45, 2.75) is 364 Å². The predicted octanol–water partition coefficient (Wildman–Crippen LogP) is 20.7. The second kappa shape index (κ2) is 70.5. The molecule has 5 saturated carbocycles. The Hall–Kier alpha value is -4.91. The SMILES string of the molecule is BrCc1ccccc1.BrCc1ccccc1.C=CCCC=C.CC1(C)CC(=O)CC(=O)C1.CC1(C)CC=C[C@@H](O)C1.CC1CCC(O)CC1.COC1CCC=CO1.C[C@@H]1CCC(O)OC1.C[C@H]1CCCC(O)C1.O=C1C=CCCC1.OC1CCC(O)CC1.OC1CCC[C@H](O)C1.O[C@@H]1C=CC(OCc2ccccc2)CC1.O[C@@H]1C=CCCC1. The van der Waals surface area contributed by atoms with Crippen molar-refractivity contribution in [1.29, 1.82) is 0 Å². The molecule has 3 aromatic carbocycles. The Morgan fingerprint density at radius 3 is 1.26 bits per heavy atom. The number of carbonyl (C=O) groups is 3. The van der Waals surface area contributed by atoms with E-state index in [1.54, 1.807) is 19.4 Å². The summed E-state index contributed by atoms with van der Waals surface area (Å²) in [4.78, 5) is 32.1. The quantitative estimate of drug-likeness (QED) is 0.0412. The number of aliphatic hydroxyl groups excluding tert-OH is 10. The number of hydrogen-bond acceptors (Lipinski definition) is 17. The molecule has 5 unspecified atom stereocenters. The molecule has 19 heteroatoms. The van der Waals surface area contributed by atoms with E-state index in [1.165, 1.54) is 42.4 Å². The molecule has 11 atom stereocenters. The van der Waals surface area contributed by atoms with Crippen LogP contribution in [-0.4, -0.2) is 156 Å². The number of benzene rings is 3. The highest BCUT2D eigenvalue weighted by molar-refractivity contribution is 9.08. The van der Waals surface area contributed by atoms with Crippen molar-refractivity contribution in [3.05, 3.63) is 194 Å². The summed E-state index contributed by atoms with van der Waals surface area (Å²) in [6, 6.07) is 30.7. The van der Waals surface area contributed by atoms with Gasteiger partial charge in [-0.05, 0) is 237 Å². The fraction of sp³-hybridized carbons (Fsp3) is 0.646. The van der Waals surface area contributed by atoms with Crippen LogP contribution in [0.5, 0.6) is 0 Å². The molecule has 0 bridgehead atoms. The summed E-state index contributed by atoms with van der Waals surface area (Å²) in [5, 5.41) is 91.7. The van der Waals surface area contributed by atoms with Crippen LogP contribution in [0.15, 0.2) is 177 Å². The molecule has 0 spiro atoms. The smallest absolute Gasteiger partial charge is 0.198 e. The summed E-state index contributed by atoms with van der Waals surface area (Å²) in [7, 11) is 1.66. The van der Waals surface area contributed by atoms with Crippen LogP contribution in [0.3, 0.4) is 0 Å². The first-order chi connectivity index (χ1) is 56.4. The molecule has 670 valence electrons. The van der Waals surface area contributed by atoms with Gasteiger partial charge in [-0.25, -0.2) is 0 Å². The van der Waals surface area contributed by atoms with Crippen molar-refractivity contribution in [2.24, 2.45) is 28.6 Å². The molecule has 2 aliphatic heterocycles. The van der Waals surface area contributed by atoms with Crippen LogP contribution in [0.1, 0.15) is 290 Å². The lowest BCUT2D eigenvalue weighted by molar-refractivity contribution is -0.137. The third-order valence-electron chi connectivity index (χ3n) is 20.9. The van der Waals surface area contributed by atoms with Crippen molar-refractivity contribution in [2.75, 3.05) is 13.7 Å². The molecule has 2 heterocycles. The standard InChI is InChI=1S/C13H16O2.C8H12O2.C8H14O.2C7H7Br.2C7H14O.C6H12O2.C6H10O2.2C6H12O2.C6H10O.C6H8O.C6H10/c14-12-6-8-13(9-7-12)15-10-11-4-2-1-3-5-11;1-8(2)4-6(9)3-7(10)5-8;1-8(2)5-3-4-7(9)6-8;2*8-6-7-4-2-1-3-5-7;1-6-2-4-7(8)5-3-6;1-6-3-2-4-7(8)5-6;1-5-2-3-6(7)8-4-5;1-7-6-4-2-3-5-8-6;7-5-1-2-6(8)4-3-5;7-5-2-1-3-6(8)4-5;2*7-6-4-2-1-3-5-6;1-3-5-6-4-2/h1-6,8,12-14H,7,9-10H2;3-5H2,1-2H3;3-4,7,9H,5-6H2,1-2H3;2*1-5H,6H2;2*6-8H,2-5H2,1H3;5-7H,2-4H2,1H3;3,5-6H,2,4H2,1H3;2*5-8H,1-4H2;2,4,6-7H,1,3,5H2;2,4H,1,3,5H2;3-4H,1-2,5-6H2/t12-,13?;;7-;;;;6-,7?;5-,6?;;;5-,6?;6-;;/m1.1...01..01../s1. The number of allylic oxidation sites excluding steroid dienone is 7. The topological polar surface area (TPSA) is 290 Å². The molecule has 17 nitrogen and oxygen atoms in total. The van der Waals surface area contributed by atoms with E-state index in [4.69, 9.17) is 64.9 Å². The number of Topliss-reactive ketones (excluding diaryl/α,β-unsaturated/α-hetero) is 2. The van der Waals surface area contributed by atoms with Gasteiger partial charge in [-0.2, -0.15) is 0 Å². The van der Waals surface area contributed by atoms with Gasteiger partial charge >= 0.3 is 0 Å². The van der Waals surface area contributed by atoms with Gasteiger partial charge in [0.2, 0.25) is 0 Å². The maximum absolute atomic E-state index is 10.9. The van der Waals surface area contributed by atoms with Crippen LogP contribution in [0.25, 0.3) is 0 Å². The van der Waals surface area contributed by atoms with E-state index < -0.39 is 6.29 Å². The normalized spacial score (nSPS) is 27.8. The number of ether oxygens (including phenoxy) is 4. The second-order valence-electron chi connectivity index (χ2n) is 34.3. The summed E-state index contributed by atoms with van der Waals surface area (Å²) in [6.07, 6.45) is 53.8. The molecule has 1 saturated heterocycles. The van der Waals surface area contributed by atoms with E-state index in [0.717, 1.165) is 202 Å². The zero-order valence-electron chi connectivity index (χ0n) is 73.3. The summed E-state index contributed by atoms with van der Waals surface area (Å²) < 4.78 is 20.6. The minimum absolute atomic E-state index is 0.000000000000000222. The summed E-state index contributed by atoms with van der Waals surface area (Å²) in [5.41, 5.74) is 4.08. The van der Waals surface area contributed by atoms with Crippen LogP contribution < -0.4 is 0 Å². The monoisotopic (exact) mass is 1780 g/mol. The zero-order chi connectivity index (χ0) is 87.6. The maximum Gasteiger partial charge on any atom is 0.198 e. The molecule has 10 N–H and O–H groups in total. The average Bonchev–Trinajstić information content (AvgIpc) is 0.856. The van der Waals surface area contributed by atoms with E-state index in [2.05, 4.69) is 122 Å². The lowest BCUT2D eigenvalue weighted by Gasteiger charge is -2.28. The van der Waals surface area contributed by atoms with Gasteiger partial charge in [-0.1, -0.05) is 239 Å². The van der Waals surface area contributed by atoms with Crippen LogP contribution in [0, 0.1) is 28.6 Å². The first kappa shape index (κ1) is 111. The largest absolute Gasteiger partial charge is 0.473 e. The molecular formula is C99H158Br2O17. The molecule has 9 aliphatic carbocycles. The van der Waals surface area contributed by atoms with Gasteiger partial charge in [0.05, 0.1) is 86.9 Å². The molecule has 3 aromatic rings. The van der Waals surface area contributed by atoms with Gasteiger partial charge in [-0.3, -0.25) is 14.4 Å². The third kappa shape index (κ3) is 65.8. The first-order valence-electron chi connectivity index (χ1n) is 44.0. The number of unbranched alkanes of at least 4 members (excludes halogenated alkanes) is 1. The van der Waals surface area contributed by atoms with E-state index in [-0.39, 0.29) is 96.5 Å². The van der Waals surface area contributed by atoms with Gasteiger partial charge in [0.1, 0.15) is 11.6 Å². The Morgan fingerprint density at radius 2 is 0.958 bits per heavy atom. The molecule has 0 radical (unpaired) electrons. The summed E-state index contributed by atoms with van der Waals surface area (Å²) in [5.74, 6) is 2.74. The predicted molar refractivity (Wildman–Crippen MR) is 489 cm³/mol. The number of methoxy groups -OCH3 is 1. The molecule has 0 amide bonds. The molecule has 0 aromatic heterocycles. The lowest BCUT2D eigenvalue weighted by atomic mass is 9.76. The number of carbonyl (C=O) groups excluding carboxylic acids is 3. The molecule has 6 fully saturated rings. The fourth-order valence-electron chi connectivity index (χ4n) is 13.7. The van der Waals surface area contributed by atoms with Gasteiger partial charge in [0, 0.05) is 43.5 Å². The third-order valence-corrected chi connectivity index (χ3v) is 22.1. The number of rotatable bonds is 9. The Kier molecular flexibility index (Phi) is 66.4. The number of aliphatic hydroxyl groups is 10. The van der Waals surface area contributed by atoms with E-state index in [0.29, 0.717) is 37.2 Å². The van der Waals surface area contributed by atoms with Crippen molar-refractivity contribution in [3.8, 4) is 0 Å². The van der Waals surface area contributed by atoms with E-state index >= 15 is 0 Å². The number of alkyl halides is 2. The zero-order valence-corrected chi connectivity index (χ0v) is 76.5. The number of ketones is 3. The summed E-state index contributed by atoms with van der Waals surface area (Å²) >= 11 is 6.71. The maximum atomic E-state index is 10.9. The minimum atomic E-state index is -0.480. The lowest BCUT2D eigenvalue weighted by Crippen LogP contribution is -2.28. The van der Waals surface area contributed by atoms with E-state index in [1.807, 2.05) is 123 Å². The van der Waals surface area contributed by atoms with Crippen molar-refractivity contribution in [1.82, 2.24) is 0 Å². The van der Waals surface area contributed by atoms with Gasteiger partial charge in [0.15, 0.2) is 18.4 Å². The summed E-state index contributed by atoms with van der Waals surface area (Å²) in [6.45, 7) is 23.3. The van der Waals surface area contributed by atoms with Gasteiger partial charge in [0.25, 0.3) is 0 Å². The molecule has 14 rings (SSSR count). The van der Waals surface area contributed by atoms with Crippen molar-refractivity contribution in [3.63, 3.8) is 0 Å². The molecular weight excluding hydrogens is 1620 g/mol. The van der Waals surface area contributed by atoms with Gasteiger partial charge < -0.3 is 70.0 Å². The number of halogens is 2. The van der Waals surface area contributed by atoms with Crippen LogP contribution in [0.4, 0.5) is 0 Å². The van der Waals surface area contributed by atoms with Crippen LogP contribution in [0.2, 0.25) is 0 Å². The minimum Gasteiger partial charge on any atom is -0.473 e.